The van der Waals surface area contributed by atoms with E-state index in [1.807, 2.05) is 6.92 Å². The molecule has 4 nitrogen and oxygen atoms in total. The van der Waals surface area contributed by atoms with Gasteiger partial charge in [0.05, 0.1) is 23.5 Å². The molecule has 0 aromatic heterocycles. The van der Waals surface area contributed by atoms with Gasteiger partial charge < -0.3 is 10.1 Å². The molecule has 1 N–H and O–H groups in total. The first kappa shape index (κ1) is 11.1. The second kappa shape index (κ2) is 5.70. The maximum absolute atomic E-state index is 11.1. The van der Waals surface area contributed by atoms with E-state index >= 15 is 0 Å². The van der Waals surface area contributed by atoms with Crippen LogP contribution in [0.15, 0.2) is 11.1 Å². The lowest BCUT2D eigenvalue weighted by molar-refractivity contribution is -0.137. The first-order chi connectivity index (χ1) is 6.72. The maximum atomic E-state index is 11.1. The highest BCUT2D eigenvalue weighted by molar-refractivity contribution is 8.04. The molecule has 14 heavy (non-hydrogen) atoms. The lowest BCUT2D eigenvalue weighted by atomic mass is 10.4. The van der Waals surface area contributed by atoms with Crippen molar-refractivity contribution in [1.29, 1.82) is 0 Å². The Morgan fingerprint density at radius 3 is 3.07 bits per heavy atom. The summed E-state index contributed by atoms with van der Waals surface area (Å²) in [6.45, 7) is 2.47. The molecule has 0 saturated carbocycles. The van der Waals surface area contributed by atoms with E-state index in [-0.39, 0.29) is 11.9 Å². The van der Waals surface area contributed by atoms with Gasteiger partial charge in [-0.25, -0.2) is 4.79 Å². The van der Waals surface area contributed by atoms with E-state index in [9.17, 15) is 9.59 Å². The Balaban J connectivity index is 2.28. The number of thioether (sulfide) groups is 1. The smallest absolute Gasteiger partial charge is 0.333 e. The summed E-state index contributed by atoms with van der Waals surface area (Å²) < 4.78 is 4.90. The molecule has 0 spiro atoms. The highest BCUT2D eigenvalue weighted by Gasteiger charge is 2.16. The van der Waals surface area contributed by atoms with Crippen LogP contribution in [0.5, 0.6) is 0 Å². The summed E-state index contributed by atoms with van der Waals surface area (Å²) in [6.07, 6.45) is 3.19. The molecule has 0 aromatic carbocycles. The molecule has 1 amide bonds. The lowest BCUT2D eigenvalue weighted by Crippen LogP contribution is -2.15. The number of ether oxygens (including phenoxy) is 1. The fraction of sp³-hybridized carbons (Fsp3) is 0.556. The topological polar surface area (TPSA) is 55.4 Å². The van der Waals surface area contributed by atoms with Gasteiger partial charge in [-0.3, -0.25) is 4.79 Å². The van der Waals surface area contributed by atoms with Crippen LogP contribution in [0.1, 0.15) is 19.8 Å². The Kier molecular flexibility index (Phi) is 4.52. The normalized spacial score (nSPS) is 18.4. The zero-order chi connectivity index (χ0) is 10.4. The molecule has 1 rings (SSSR count). The predicted molar refractivity (Wildman–Crippen MR) is 54.6 cm³/mol. The molecule has 1 aliphatic heterocycles. The Morgan fingerprint density at radius 2 is 2.50 bits per heavy atom. The van der Waals surface area contributed by atoms with Gasteiger partial charge in [-0.05, 0) is 6.42 Å². The third-order valence-corrected chi connectivity index (χ3v) is 2.55. The van der Waals surface area contributed by atoms with Gasteiger partial charge in [0.25, 0.3) is 0 Å². The average Bonchev–Trinajstić information content (AvgIpc) is 2.52. The summed E-state index contributed by atoms with van der Waals surface area (Å²) in [5.41, 5.74) is 0. The summed E-state index contributed by atoms with van der Waals surface area (Å²) >= 11 is 1.32. The fourth-order valence-electron chi connectivity index (χ4n) is 0.896. The molecule has 0 aliphatic carbocycles. The highest BCUT2D eigenvalue weighted by atomic mass is 32.2. The molecular weight excluding hydrogens is 202 g/mol. The van der Waals surface area contributed by atoms with Crippen molar-refractivity contribution in [2.45, 2.75) is 19.8 Å². The van der Waals surface area contributed by atoms with Gasteiger partial charge in [0.2, 0.25) is 5.91 Å². The van der Waals surface area contributed by atoms with E-state index < -0.39 is 0 Å². The number of hydrogen-bond acceptors (Lipinski definition) is 4. The van der Waals surface area contributed by atoms with Crippen molar-refractivity contribution in [2.24, 2.45) is 0 Å². The number of hydrogen-bond donors (Lipinski definition) is 1. The van der Waals surface area contributed by atoms with Crippen molar-refractivity contribution < 1.29 is 14.3 Å². The van der Waals surface area contributed by atoms with Gasteiger partial charge in [0.1, 0.15) is 0 Å². The van der Waals surface area contributed by atoms with Crippen LogP contribution in [-0.4, -0.2) is 24.2 Å². The van der Waals surface area contributed by atoms with Crippen LogP contribution in [0, 0.1) is 0 Å². The summed E-state index contributed by atoms with van der Waals surface area (Å²) in [6, 6.07) is 0. The van der Waals surface area contributed by atoms with Gasteiger partial charge in [-0.1, -0.05) is 25.1 Å². The third kappa shape index (κ3) is 3.83. The van der Waals surface area contributed by atoms with Gasteiger partial charge in [0, 0.05) is 0 Å². The number of unbranched alkanes of at least 4 members (excludes halogenated alkanes) is 1. The first-order valence-electron chi connectivity index (χ1n) is 4.53. The number of rotatable bonds is 4. The van der Waals surface area contributed by atoms with Gasteiger partial charge in [0.15, 0.2) is 0 Å². The minimum Gasteiger partial charge on any atom is -0.462 e. The Labute approximate surface area is 87.1 Å². The van der Waals surface area contributed by atoms with Crippen molar-refractivity contribution >= 4 is 23.6 Å². The molecule has 0 atom stereocenters. The molecule has 78 valence electrons. The lowest BCUT2D eigenvalue weighted by Gasteiger charge is -2.00. The van der Waals surface area contributed by atoms with Crippen molar-refractivity contribution in [3.8, 4) is 0 Å². The molecule has 1 fully saturated rings. The molecule has 0 unspecified atom stereocenters. The van der Waals surface area contributed by atoms with Crippen LogP contribution in [0.2, 0.25) is 0 Å². The van der Waals surface area contributed by atoms with Crippen LogP contribution >= 0.6 is 11.8 Å². The maximum Gasteiger partial charge on any atom is 0.333 e. The zero-order valence-electron chi connectivity index (χ0n) is 8.04. The van der Waals surface area contributed by atoms with Crippen molar-refractivity contribution in [1.82, 2.24) is 5.32 Å². The van der Waals surface area contributed by atoms with Crippen molar-refractivity contribution in [3.05, 3.63) is 11.1 Å². The number of nitrogens with one attached hydrogen (secondary N) is 1. The number of carbonyl (C=O) groups excluding carboxylic acids is 2. The minimum atomic E-state index is -0.386. The number of amides is 1. The Hall–Kier alpha value is -0.970. The second-order valence-corrected chi connectivity index (χ2v) is 3.88. The van der Waals surface area contributed by atoms with Crippen LogP contribution < -0.4 is 5.32 Å². The van der Waals surface area contributed by atoms with Crippen LogP contribution in [0.4, 0.5) is 0 Å². The summed E-state index contributed by atoms with van der Waals surface area (Å²) in [4.78, 5) is 21.9. The molecular formula is C9H13NO3S. The van der Waals surface area contributed by atoms with Crippen LogP contribution in [0.25, 0.3) is 0 Å². The molecule has 1 heterocycles. The standard InChI is InChI=1S/C9H13NO3S/c1-2-3-4-13-9(12)5-8-10-7(11)6-14-8/h5H,2-4,6H2,1H3,(H,10,11)/b8-5-. The SMILES string of the molecule is CCCCOC(=O)/C=C1/NC(=O)CS1. The van der Waals surface area contributed by atoms with Crippen molar-refractivity contribution in [2.75, 3.05) is 12.4 Å². The highest BCUT2D eigenvalue weighted by Crippen LogP contribution is 2.18. The van der Waals surface area contributed by atoms with Crippen molar-refractivity contribution in [3.63, 3.8) is 0 Å². The van der Waals surface area contributed by atoms with E-state index in [2.05, 4.69) is 5.32 Å². The molecule has 0 radical (unpaired) electrons. The van der Waals surface area contributed by atoms with E-state index in [1.54, 1.807) is 0 Å². The minimum absolute atomic E-state index is 0.0670. The second-order valence-electron chi connectivity index (χ2n) is 2.87. The van der Waals surface area contributed by atoms with Crippen LogP contribution in [-0.2, 0) is 14.3 Å². The zero-order valence-corrected chi connectivity index (χ0v) is 8.86. The molecule has 0 bridgehead atoms. The van der Waals surface area contributed by atoms with Gasteiger partial charge in [-0.2, -0.15) is 0 Å². The molecule has 5 heteroatoms. The Bertz CT molecular complexity index is 263. The quantitative estimate of drug-likeness (QED) is 0.432. The van der Waals surface area contributed by atoms with E-state index in [1.165, 1.54) is 17.8 Å². The summed E-state index contributed by atoms with van der Waals surface area (Å²) in [7, 11) is 0. The van der Waals surface area contributed by atoms with E-state index in [4.69, 9.17) is 4.74 Å². The monoisotopic (exact) mass is 215 g/mol. The third-order valence-electron chi connectivity index (χ3n) is 1.61. The Morgan fingerprint density at radius 1 is 1.71 bits per heavy atom. The fourth-order valence-corrected chi connectivity index (χ4v) is 1.62. The van der Waals surface area contributed by atoms with E-state index in [0.717, 1.165) is 12.8 Å². The number of esters is 1. The van der Waals surface area contributed by atoms with E-state index in [0.29, 0.717) is 17.4 Å². The molecule has 1 saturated heterocycles. The first-order valence-corrected chi connectivity index (χ1v) is 5.52. The molecule has 1 aliphatic rings. The van der Waals surface area contributed by atoms with Gasteiger partial charge >= 0.3 is 5.97 Å². The molecule has 0 aromatic rings. The largest absolute Gasteiger partial charge is 0.462 e. The predicted octanol–water partition coefficient (Wildman–Crippen LogP) is 1.03. The van der Waals surface area contributed by atoms with Gasteiger partial charge in [-0.15, -0.1) is 0 Å². The van der Waals surface area contributed by atoms with Crippen LogP contribution in [0.3, 0.4) is 0 Å². The average molecular weight is 215 g/mol. The summed E-state index contributed by atoms with van der Waals surface area (Å²) in [5, 5.41) is 3.14. The number of carbonyl (C=O) groups is 2. The summed E-state index contributed by atoms with van der Waals surface area (Å²) in [5.74, 6) is -0.0700.